The molecule has 2 nitrogen and oxygen atoms in total. The molecule has 1 saturated carbocycles. The van der Waals surface area contributed by atoms with Crippen molar-refractivity contribution in [3.63, 3.8) is 0 Å². The van der Waals surface area contributed by atoms with E-state index in [-0.39, 0.29) is 12.6 Å². The van der Waals surface area contributed by atoms with Crippen molar-refractivity contribution < 1.29 is 5.11 Å². The summed E-state index contributed by atoms with van der Waals surface area (Å²) in [5.74, 6) is 0.916. The number of nitrogens with one attached hydrogen (secondary N) is 1. The second-order valence-electron chi connectivity index (χ2n) is 2.94. The van der Waals surface area contributed by atoms with Crippen LogP contribution in [0.3, 0.4) is 0 Å². The lowest BCUT2D eigenvalue weighted by molar-refractivity contribution is 0.251. The van der Waals surface area contributed by atoms with Crippen LogP contribution in [0.5, 0.6) is 0 Å². The third-order valence-electron chi connectivity index (χ3n) is 1.73. The normalized spacial score (nSPS) is 22.0. The Hall–Kier alpha value is -0.0800. The van der Waals surface area contributed by atoms with Crippen molar-refractivity contribution in [2.45, 2.75) is 25.8 Å². The second kappa shape index (κ2) is 3.18. The van der Waals surface area contributed by atoms with Gasteiger partial charge in [0.25, 0.3) is 0 Å². The predicted octanol–water partition coefficient (Wildman–Crippen LogP) is 0.367. The number of aliphatic hydroxyl groups excluding tert-OH is 1. The highest BCUT2D eigenvalue weighted by atomic mass is 16.3. The van der Waals surface area contributed by atoms with Gasteiger partial charge in [-0.1, -0.05) is 0 Å². The fourth-order valence-corrected chi connectivity index (χ4v) is 0.754. The van der Waals surface area contributed by atoms with E-state index in [2.05, 4.69) is 5.32 Å². The maximum Gasteiger partial charge on any atom is 0.0581 e. The molecule has 1 rings (SSSR count). The van der Waals surface area contributed by atoms with E-state index in [1.54, 1.807) is 0 Å². The summed E-state index contributed by atoms with van der Waals surface area (Å²) in [6, 6.07) is 0.283. The Morgan fingerprint density at radius 3 is 2.78 bits per heavy atom. The maximum atomic E-state index is 8.61. The zero-order valence-electron chi connectivity index (χ0n) is 5.93. The quantitative estimate of drug-likeness (QED) is 0.574. The molecule has 0 aromatic rings. The van der Waals surface area contributed by atoms with Gasteiger partial charge in [-0.3, -0.25) is 0 Å². The summed E-state index contributed by atoms with van der Waals surface area (Å²) < 4.78 is 0. The van der Waals surface area contributed by atoms with Gasteiger partial charge in [0.15, 0.2) is 0 Å². The molecular formula is C7H15NO. The van der Waals surface area contributed by atoms with Crippen molar-refractivity contribution in [3.8, 4) is 0 Å². The van der Waals surface area contributed by atoms with Gasteiger partial charge in [0.2, 0.25) is 0 Å². The van der Waals surface area contributed by atoms with Crippen molar-refractivity contribution in [1.82, 2.24) is 5.32 Å². The van der Waals surface area contributed by atoms with Gasteiger partial charge in [-0.15, -0.1) is 0 Å². The first kappa shape index (κ1) is 7.03. The highest BCUT2D eigenvalue weighted by Crippen LogP contribution is 2.27. The Balaban J connectivity index is 1.90. The minimum absolute atomic E-state index is 0.257. The largest absolute Gasteiger partial charge is 0.395 e. The molecule has 0 spiro atoms. The van der Waals surface area contributed by atoms with Crippen LogP contribution in [-0.4, -0.2) is 24.3 Å². The van der Waals surface area contributed by atoms with Crippen LogP contribution in [0.1, 0.15) is 19.8 Å². The first-order valence-corrected chi connectivity index (χ1v) is 3.67. The molecule has 1 atom stereocenters. The Morgan fingerprint density at radius 2 is 2.33 bits per heavy atom. The summed E-state index contributed by atoms with van der Waals surface area (Å²) in [6.45, 7) is 3.36. The summed E-state index contributed by atoms with van der Waals surface area (Å²) in [6.07, 6.45) is 2.76. The Labute approximate surface area is 56.3 Å². The average Bonchev–Trinajstić information content (AvgIpc) is 2.65. The number of hydrogen-bond acceptors (Lipinski definition) is 2. The lowest BCUT2D eigenvalue weighted by Gasteiger charge is -2.08. The average molecular weight is 129 g/mol. The maximum absolute atomic E-state index is 8.61. The van der Waals surface area contributed by atoms with Crippen molar-refractivity contribution in [1.29, 1.82) is 0 Å². The molecule has 0 aromatic heterocycles. The van der Waals surface area contributed by atoms with E-state index in [1.165, 1.54) is 12.8 Å². The Kier molecular flexibility index (Phi) is 2.49. The summed E-state index contributed by atoms with van der Waals surface area (Å²) in [4.78, 5) is 0. The van der Waals surface area contributed by atoms with Crippen molar-refractivity contribution in [2.75, 3.05) is 13.2 Å². The minimum atomic E-state index is 0.257. The molecule has 54 valence electrons. The lowest BCUT2D eigenvalue weighted by atomic mass is 10.3. The van der Waals surface area contributed by atoms with Crippen LogP contribution in [0.2, 0.25) is 0 Å². The van der Waals surface area contributed by atoms with E-state index in [9.17, 15) is 0 Å². The molecular weight excluding hydrogens is 114 g/mol. The first-order valence-electron chi connectivity index (χ1n) is 3.67. The van der Waals surface area contributed by atoms with Gasteiger partial charge in [0.1, 0.15) is 0 Å². The zero-order valence-corrected chi connectivity index (χ0v) is 5.93. The summed E-state index contributed by atoms with van der Waals surface area (Å²) >= 11 is 0. The van der Waals surface area contributed by atoms with Crippen molar-refractivity contribution in [2.24, 2.45) is 5.92 Å². The van der Waals surface area contributed by atoms with Gasteiger partial charge in [-0.05, 0) is 32.2 Å². The van der Waals surface area contributed by atoms with Gasteiger partial charge in [0, 0.05) is 6.04 Å². The fourth-order valence-electron chi connectivity index (χ4n) is 0.754. The summed E-state index contributed by atoms with van der Waals surface area (Å²) in [5, 5.41) is 11.8. The smallest absolute Gasteiger partial charge is 0.0581 e. The highest BCUT2D eigenvalue weighted by Gasteiger charge is 2.20. The minimum Gasteiger partial charge on any atom is -0.395 e. The second-order valence-corrected chi connectivity index (χ2v) is 2.94. The van der Waals surface area contributed by atoms with Gasteiger partial charge in [-0.25, -0.2) is 0 Å². The monoisotopic (exact) mass is 129 g/mol. The molecule has 0 aliphatic heterocycles. The third-order valence-corrected chi connectivity index (χ3v) is 1.73. The van der Waals surface area contributed by atoms with Crippen LogP contribution >= 0.6 is 0 Å². The Bertz CT molecular complexity index is 81.0. The number of aliphatic hydroxyl groups is 1. The molecule has 1 fully saturated rings. The van der Waals surface area contributed by atoms with Crippen LogP contribution < -0.4 is 5.32 Å². The Morgan fingerprint density at radius 1 is 1.67 bits per heavy atom. The van der Waals surface area contributed by atoms with Crippen molar-refractivity contribution in [3.05, 3.63) is 0 Å². The molecule has 1 aliphatic rings. The molecule has 0 bridgehead atoms. The molecule has 0 heterocycles. The molecule has 1 unspecified atom stereocenters. The van der Waals surface area contributed by atoms with Gasteiger partial charge < -0.3 is 10.4 Å². The van der Waals surface area contributed by atoms with E-state index >= 15 is 0 Å². The fraction of sp³-hybridized carbons (Fsp3) is 1.00. The van der Waals surface area contributed by atoms with Crippen LogP contribution in [0.25, 0.3) is 0 Å². The lowest BCUT2D eigenvalue weighted by Crippen LogP contribution is -2.30. The number of rotatable bonds is 4. The van der Waals surface area contributed by atoms with Gasteiger partial charge in [0.05, 0.1) is 6.61 Å². The third kappa shape index (κ3) is 2.82. The molecule has 0 amide bonds. The topological polar surface area (TPSA) is 32.3 Å². The van der Waals surface area contributed by atoms with Gasteiger partial charge >= 0.3 is 0 Å². The van der Waals surface area contributed by atoms with Crippen LogP contribution in [0.15, 0.2) is 0 Å². The first-order chi connectivity index (χ1) is 4.33. The molecule has 9 heavy (non-hydrogen) atoms. The van der Waals surface area contributed by atoms with Crippen LogP contribution in [0, 0.1) is 5.92 Å². The standard InChI is InChI=1S/C7H15NO/c1-6(5-9)8-4-7-2-3-7/h6-9H,2-5H2,1H3. The SMILES string of the molecule is CC(CO)NCC1CC1. The molecule has 2 N–H and O–H groups in total. The number of hydrogen-bond donors (Lipinski definition) is 2. The van der Waals surface area contributed by atoms with E-state index in [4.69, 9.17) is 5.11 Å². The van der Waals surface area contributed by atoms with E-state index in [0.29, 0.717) is 0 Å². The van der Waals surface area contributed by atoms with Crippen molar-refractivity contribution >= 4 is 0 Å². The van der Waals surface area contributed by atoms with Gasteiger partial charge in [-0.2, -0.15) is 0 Å². The molecule has 0 radical (unpaired) electrons. The molecule has 1 aliphatic carbocycles. The predicted molar refractivity (Wildman–Crippen MR) is 37.3 cm³/mol. The molecule has 2 heteroatoms. The van der Waals surface area contributed by atoms with Crippen LogP contribution in [0.4, 0.5) is 0 Å². The molecule has 0 saturated heterocycles. The summed E-state index contributed by atoms with van der Waals surface area (Å²) in [5.41, 5.74) is 0. The van der Waals surface area contributed by atoms with E-state index in [1.807, 2.05) is 6.92 Å². The van der Waals surface area contributed by atoms with Crippen LogP contribution in [-0.2, 0) is 0 Å². The summed E-state index contributed by atoms with van der Waals surface area (Å²) in [7, 11) is 0. The zero-order chi connectivity index (χ0) is 6.69. The molecule has 0 aromatic carbocycles. The van der Waals surface area contributed by atoms with E-state index in [0.717, 1.165) is 12.5 Å². The van der Waals surface area contributed by atoms with E-state index < -0.39 is 0 Å². The highest BCUT2D eigenvalue weighted by molar-refractivity contribution is 4.76.